The quantitative estimate of drug-likeness (QED) is 0.597. The van der Waals surface area contributed by atoms with Gasteiger partial charge in [-0.3, -0.25) is 4.90 Å². The van der Waals surface area contributed by atoms with E-state index < -0.39 is 0 Å². The van der Waals surface area contributed by atoms with Crippen LogP contribution in [-0.2, 0) is 0 Å². The highest BCUT2D eigenvalue weighted by Crippen LogP contribution is 2.16. The summed E-state index contributed by atoms with van der Waals surface area (Å²) in [6.45, 7) is 13.9. The van der Waals surface area contributed by atoms with Crippen molar-refractivity contribution >= 4 is 0 Å². The lowest BCUT2D eigenvalue weighted by atomic mass is 10.2. The maximum atomic E-state index is 3.59. The number of rotatable bonds is 10. The van der Waals surface area contributed by atoms with Crippen molar-refractivity contribution in [2.75, 3.05) is 66.5 Å². The average molecular weight is 270 g/mol. The average Bonchev–Trinajstić information content (AvgIpc) is 2.80. The molecule has 4 heteroatoms. The summed E-state index contributed by atoms with van der Waals surface area (Å²) in [4.78, 5) is 7.44. The summed E-state index contributed by atoms with van der Waals surface area (Å²) in [5.74, 6) is 0. The molecule has 0 aromatic rings. The Labute approximate surface area is 120 Å². The Balaban J connectivity index is 2.08. The Hall–Kier alpha value is -0.160. The fourth-order valence-electron chi connectivity index (χ4n) is 2.94. The molecule has 114 valence electrons. The molecule has 0 aliphatic carbocycles. The molecule has 0 bridgehead atoms. The van der Waals surface area contributed by atoms with Crippen molar-refractivity contribution in [1.29, 1.82) is 0 Å². The number of hydrogen-bond donors (Lipinski definition) is 1. The molecule has 0 aromatic carbocycles. The van der Waals surface area contributed by atoms with Gasteiger partial charge in [0, 0.05) is 38.8 Å². The van der Waals surface area contributed by atoms with Crippen LogP contribution in [0.5, 0.6) is 0 Å². The molecule has 0 saturated carbocycles. The first-order chi connectivity index (χ1) is 9.17. The third kappa shape index (κ3) is 6.70. The molecule has 0 spiro atoms. The van der Waals surface area contributed by atoms with Gasteiger partial charge in [-0.05, 0) is 46.6 Å². The molecule has 0 aromatic heterocycles. The van der Waals surface area contributed by atoms with Crippen LogP contribution in [0, 0.1) is 0 Å². The first-order valence-corrected chi connectivity index (χ1v) is 7.99. The fraction of sp³-hybridized carbons (Fsp3) is 1.00. The van der Waals surface area contributed by atoms with Gasteiger partial charge in [-0.2, -0.15) is 0 Å². The molecule has 0 amide bonds. The number of likely N-dealkylation sites (N-methyl/N-ethyl adjacent to an activating group) is 2. The lowest BCUT2D eigenvalue weighted by Gasteiger charge is -2.27. The van der Waals surface area contributed by atoms with Gasteiger partial charge in [0.1, 0.15) is 0 Å². The number of likely N-dealkylation sites (tertiary alicyclic amines) is 1. The SMILES string of the molecule is CCN(CC)CCNCCN1CCCC1CN(C)C. The first-order valence-electron chi connectivity index (χ1n) is 7.99. The largest absolute Gasteiger partial charge is 0.314 e. The lowest BCUT2D eigenvalue weighted by Crippen LogP contribution is -2.42. The second kappa shape index (κ2) is 9.70. The van der Waals surface area contributed by atoms with Crippen molar-refractivity contribution in [3.05, 3.63) is 0 Å². The van der Waals surface area contributed by atoms with Crippen molar-refractivity contribution in [2.24, 2.45) is 0 Å². The summed E-state index contributed by atoms with van der Waals surface area (Å²) in [6.07, 6.45) is 2.75. The highest BCUT2D eigenvalue weighted by atomic mass is 15.2. The zero-order chi connectivity index (χ0) is 14.1. The molecule has 1 fully saturated rings. The summed E-state index contributed by atoms with van der Waals surface area (Å²) in [7, 11) is 4.36. The maximum absolute atomic E-state index is 3.59. The van der Waals surface area contributed by atoms with Crippen LogP contribution < -0.4 is 5.32 Å². The normalized spacial score (nSPS) is 20.8. The molecule has 1 aliphatic heterocycles. The van der Waals surface area contributed by atoms with Crippen molar-refractivity contribution in [3.63, 3.8) is 0 Å². The topological polar surface area (TPSA) is 21.8 Å². The molecule has 4 nitrogen and oxygen atoms in total. The van der Waals surface area contributed by atoms with E-state index in [4.69, 9.17) is 0 Å². The molecule has 1 aliphatic rings. The molecule has 0 radical (unpaired) electrons. The molecular formula is C15H34N4. The Kier molecular flexibility index (Phi) is 8.62. The van der Waals surface area contributed by atoms with Crippen LogP contribution in [0.25, 0.3) is 0 Å². The van der Waals surface area contributed by atoms with Gasteiger partial charge in [0.15, 0.2) is 0 Å². The predicted molar refractivity (Wildman–Crippen MR) is 83.8 cm³/mol. The molecule has 1 saturated heterocycles. The van der Waals surface area contributed by atoms with Crippen molar-refractivity contribution in [1.82, 2.24) is 20.0 Å². The summed E-state index contributed by atoms with van der Waals surface area (Å²) in [6, 6.07) is 0.777. The number of hydrogen-bond acceptors (Lipinski definition) is 4. The highest BCUT2D eigenvalue weighted by molar-refractivity contribution is 4.81. The van der Waals surface area contributed by atoms with Crippen LogP contribution in [0.4, 0.5) is 0 Å². The highest BCUT2D eigenvalue weighted by Gasteiger charge is 2.23. The second-order valence-corrected chi connectivity index (χ2v) is 5.87. The Morgan fingerprint density at radius 2 is 1.89 bits per heavy atom. The van der Waals surface area contributed by atoms with Gasteiger partial charge in [0.05, 0.1) is 0 Å². The van der Waals surface area contributed by atoms with E-state index in [1.54, 1.807) is 0 Å². The van der Waals surface area contributed by atoms with E-state index in [0.717, 1.165) is 32.2 Å². The zero-order valence-corrected chi connectivity index (χ0v) is 13.5. The standard InChI is InChI=1S/C15H34N4/c1-5-18(6-2)12-9-16-10-13-19-11-7-8-15(19)14-17(3)4/h15-16H,5-14H2,1-4H3. The Bertz CT molecular complexity index is 216. The van der Waals surface area contributed by atoms with Gasteiger partial charge in [0.2, 0.25) is 0 Å². The van der Waals surface area contributed by atoms with E-state index in [1.165, 1.54) is 39.0 Å². The van der Waals surface area contributed by atoms with Crippen LogP contribution in [-0.4, -0.2) is 87.2 Å². The minimum absolute atomic E-state index is 0.777. The molecule has 1 atom stereocenters. The van der Waals surface area contributed by atoms with Crippen molar-refractivity contribution < 1.29 is 0 Å². The third-order valence-corrected chi connectivity index (χ3v) is 4.15. The van der Waals surface area contributed by atoms with Crippen LogP contribution in [0.1, 0.15) is 26.7 Å². The monoisotopic (exact) mass is 270 g/mol. The van der Waals surface area contributed by atoms with Crippen LogP contribution >= 0.6 is 0 Å². The van der Waals surface area contributed by atoms with Crippen LogP contribution in [0.2, 0.25) is 0 Å². The van der Waals surface area contributed by atoms with Gasteiger partial charge in [-0.25, -0.2) is 0 Å². The Morgan fingerprint density at radius 3 is 2.53 bits per heavy atom. The van der Waals surface area contributed by atoms with Gasteiger partial charge in [0.25, 0.3) is 0 Å². The summed E-state index contributed by atoms with van der Waals surface area (Å²) in [5.41, 5.74) is 0. The maximum Gasteiger partial charge on any atom is 0.0223 e. The fourth-order valence-corrected chi connectivity index (χ4v) is 2.94. The van der Waals surface area contributed by atoms with E-state index >= 15 is 0 Å². The smallest absolute Gasteiger partial charge is 0.0223 e. The van der Waals surface area contributed by atoms with Gasteiger partial charge in [-0.15, -0.1) is 0 Å². The Morgan fingerprint density at radius 1 is 1.16 bits per heavy atom. The minimum Gasteiger partial charge on any atom is -0.314 e. The summed E-state index contributed by atoms with van der Waals surface area (Å²) < 4.78 is 0. The van der Waals surface area contributed by atoms with Crippen LogP contribution in [0.3, 0.4) is 0 Å². The van der Waals surface area contributed by atoms with Crippen molar-refractivity contribution in [3.8, 4) is 0 Å². The van der Waals surface area contributed by atoms with Gasteiger partial charge in [-0.1, -0.05) is 13.8 Å². The molecule has 1 rings (SSSR count). The first kappa shape index (κ1) is 16.9. The minimum atomic E-state index is 0.777. The molecule has 1 unspecified atom stereocenters. The van der Waals surface area contributed by atoms with Crippen molar-refractivity contribution in [2.45, 2.75) is 32.7 Å². The zero-order valence-electron chi connectivity index (χ0n) is 13.5. The van der Waals surface area contributed by atoms with E-state index in [2.05, 4.69) is 48.0 Å². The van der Waals surface area contributed by atoms with Gasteiger partial charge >= 0.3 is 0 Å². The molecule has 19 heavy (non-hydrogen) atoms. The van der Waals surface area contributed by atoms with E-state index in [0.29, 0.717) is 0 Å². The van der Waals surface area contributed by atoms with E-state index in [-0.39, 0.29) is 0 Å². The van der Waals surface area contributed by atoms with Gasteiger partial charge < -0.3 is 15.1 Å². The number of nitrogens with zero attached hydrogens (tertiary/aromatic N) is 3. The lowest BCUT2D eigenvalue weighted by molar-refractivity contribution is 0.207. The molecule has 1 heterocycles. The number of nitrogens with one attached hydrogen (secondary N) is 1. The molecular weight excluding hydrogens is 236 g/mol. The molecule has 1 N–H and O–H groups in total. The summed E-state index contributed by atoms with van der Waals surface area (Å²) in [5, 5.41) is 3.59. The third-order valence-electron chi connectivity index (χ3n) is 4.15. The summed E-state index contributed by atoms with van der Waals surface area (Å²) >= 11 is 0. The predicted octanol–water partition coefficient (Wildman–Crippen LogP) is 0.944. The second-order valence-electron chi connectivity index (χ2n) is 5.87. The van der Waals surface area contributed by atoms with E-state index in [1.807, 2.05) is 0 Å². The van der Waals surface area contributed by atoms with E-state index in [9.17, 15) is 0 Å². The van der Waals surface area contributed by atoms with Crippen LogP contribution in [0.15, 0.2) is 0 Å².